The third-order valence-corrected chi connectivity index (χ3v) is 1.91. The molecule has 0 aliphatic heterocycles. The molecule has 0 aliphatic rings. The molecule has 2 nitrogen and oxygen atoms in total. The van der Waals surface area contributed by atoms with Gasteiger partial charge in [0.15, 0.2) is 0 Å². The fraction of sp³-hybridized carbons (Fsp3) is 0.583. The lowest BCUT2D eigenvalue weighted by atomic mass is 9.89. The molecule has 0 amide bonds. The fourth-order valence-corrected chi connectivity index (χ4v) is 1.41. The summed E-state index contributed by atoms with van der Waals surface area (Å²) in [5.41, 5.74) is 2.60. The van der Waals surface area contributed by atoms with Gasteiger partial charge in [-0.3, -0.25) is 4.98 Å². The van der Waals surface area contributed by atoms with Crippen molar-refractivity contribution in [1.82, 2.24) is 4.98 Å². The highest BCUT2D eigenvalue weighted by Gasteiger charge is 2.11. The molecule has 0 spiro atoms. The summed E-state index contributed by atoms with van der Waals surface area (Å²) in [6, 6.07) is 4.16. The minimum atomic E-state index is 0.324. The maximum absolute atomic E-state index is 5.01. The molecule has 78 valence electrons. The number of hydrogen-bond acceptors (Lipinski definition) is 2. The maximum Gasteiger partial charge on any atom is 0.0884 e. The molecule has 14 heavy (non-hydrogen) atoms. The van der Waals surface area contributed by atoms with Gasteiger partial charge in [0.25, 0.3) is 0 Å². The zero-order chi connectivity index (χ0) is 10.6. The van der Waals surface area contributed by atoms with Crippen LogP contribution in [-0.4, -0.2) is 12.1 Å². The summed E-state index contributed by atoms with van der Waals surface area (Å²) in [5, 5.41) is 0. The standard InChI is InChI=1S/C12H19NO/c1-12(2,3)7-10-5-6-11(9-14-4)13-8-10/h5-6,8H,7,9H2,1-4H3. The van der Waals surface area contributed by atoms with Gasteiger partial charge in [-0.05, 0) is 23.5 Å². The van der Waals surface area contributed by atoms with Crippen LogP contribution >= 0.6 is 0 Å². The number of ether oxygens (including phenoxy) is 1. The molecule has 0 N–H and O–H groups in total. The van der Waals surface area contributed by atoms with E-state index in [1.165, 1.54) is 5.56 Å². The van der Waals surface area contributed by atoms with Crippen molar-refractivity contribution in [2.45, 2.75) is 33.8 Å². The van der Waals surface area contributed by atoms with Crippen molar-refractivity contribution in [1.29, 1.82) is 0 Å². The smallest absolute Gasteiger partial charge is 0.0884 e. The molecule has 1 aromatic heterocycles. The summed E-state index contributed by atoms with van der Waals surface area (Å²) in [5.74, 6) is 0. The molecule has 0 saturated carbocycles. The van der Waals surface area contributed by atoms with Crippen molar-refractivity contribution in [2.75, 3.05) is 7.11 Å². The van der Waals surface area contributed by atoms with Crippen LogP contribution in [0.1, 0.15) is 32.0 Å². The van der Waals surface area contributed by atoms with Gasteiger partial charge >= 0.3 is 0 Å². The maximum atomic E-state index is 5.01. The lowest BCUT2D eigenvalue weighted by Crippen LogP contribution is -2.09. The summed E-state index contributed by atoms with van der Waals surface area (Å²) in [6.07, 6.45) is 3.01. The molecule has 0 fully saturated rings. The zero-order valence-corrected chi connectivity index (χ0v) is 9.50. The second-order valence-corrected chi connectivity index (χ2v) is 4.83. The predicted octanol–water partition coefficient (Wildman–Crippen LogP) is 2.82. The van der Waals surface area contributed by atoms with Crippen LogP contribution in [0.15, 0.2) is 18.3 Å². The van der Waals surface area contributed by atoms with Crippen LogP contribution in [0.5, 0.6) is 0 Å². The van der Waals surface area contributed by atoms with E-state index < -0.39 is 0 Å². The van der Waals surface area contributed by atoms with Crippen molar-refractivity contribution < 1.29 is 4.74 Å². The first kappa shape index (κ1) is 11.2. The number of nitrogens with zero attached hydrogens (tertiary/aromatic N) is 1. The van der Waals surface area contributed by atoms with E-state index in [0.717, 1.165) is 12.1 Å². The van der Waals surface area contributed by atoms with Gasteiger partial charge < -0.3 is 4.74 Å². The first-order chi connectivity index (χ1) is 6.51. The lowest BCUT2D eigenvalue weighted by molar-refractivity contribution is 0.181. The van der Waals surface area contributed by atoms with Gasteiger partial charge in [0.2, 0.25) is 0 Å². The van der Waals surface area contributed by atoms with E-state index in [9.17, 15) is 0 Å². The Morgan fingerprint density at radius 2 is 2.00 bits per heavy atom. The van der Waals surface area contributed by atoms with Crippen LogP contribution in [-0.2, 0) is 17.8 Å². The number of aromatic nitrogens is 1. The molecule has 0 unspecified atom stereocenters. The number of pyridine rings is 1. The van der Waals surface area contributed by atoms with E-state index in [1.807, 2.05) is 12.3 Å². The number of methoxy groups -OCH3 is 1. The van der Waals surface area contributed by atoms with Gasteiger partial charge in [0, 0.05) is 13.3 Å². The van der Waals surface area contributed by atoms with Crippen LogP contribution in [0.25, 0.3) is 0 Å². The molecule has 1 rings (SSSR count). The van der Waals surface area contributed by atoms with E-state index in [4.69, 9.17) is 4.74 Å². The van der Waals surface area contributed by atoms with Gasteiger partial charge in [0.1, 0.15) is 0 Å². The van der Waals surface area contributed by atoms with E-state index in [-0.39, 0.29) is 0 Å². The second-order valence-electron chi connectivity index (χ2n) is 4.83. The van der Waals surface area contributed by atoms with E-state index in [1.54, 1.807) is 7.11 Å². The normalized spacial score (nSPS) is 11.7. The Hall–Kier alpha value is -0.890. The Bertz CT molecular complexity index is 271. The van der Waals surface area contributed by atoms with Gasteiger partial charge in [-0.2, -0.15) is 0 Å². The molecule has 2 heteroatoms. The molecule has 0 saturated heterocycles. The first-order valence-corrected chi connectivity index (χ1v) is 4.94. The second kappa shape index (κ2) is 4.56. The number of hydrogen-bond donors (Lipinski definition) is 0. The first-order valence-electron chi connectivity index (χ1n) is 4.94. The average molecular weight is 193 g/mol. The van der Waals surface area contributed by atoms with Gasteiger partial charge in [-0.1, -0.05) is 26.8 Å². The monoisotopic (exact) mass is 193 g/mol. The van der Waals surface area contributed by atoms with Crippen LogP contribution in [0.2, 0.25) is 0 Å². The molecular weight excluding hydrogens is 174 g/mol. The van der Waals surface area contributed by atoms with Crippen molar-refractivity contribution in [2.24, 2.45) is 5.41 Å². The Morgan fingerprint density at radius 3 is 2.43 bits per heavy atom. The molecular formula is C12H19NO. The number of rotatable bonds is 3. The Kier molecular flexibility index (Phi) is 3.64. The van der Waals surface area contributed by atoms with Crippen LogP contribution in [0, 0.1) is 5.41 Å². The molecule has 0 radical (unpaired) electrons. The van der Waals surface area contributed by atoms with Gasteiger partial charge in [-0.15, -0.1) is 0 Å². The largest absolute Gasteiger partial charge is 0.378 e. The summed E-state index contributed by atoms with van der Waals surface area (Å²) in [4.78, 5) is 4.33. The third-order valence-electron chi connectivity index (χ3n) is 1.91. The summed E-state index contributed by atoms with van der Waals surface area (Å²) < 4.78 is 5.01. The molecule has 0 bridgehead atoms. The average Bonchev–Trinajstić information content (AvgIpc) is 2.06. The lowest BCUT2D eigenvalue weighted by Gasteiger charge is -2.17. The highest BCUT2D eigenvalue weighted by atomic mass is 16.5. The van der Waals surface area contributed by atoms with Crippen molar-refractivity contribution in [3.63, 3.8) is 0 Å². The zero-order valence-electron chi connectivity index (χ0n) is 9.50. The minimum Gasteiger partial charge on any atom is -0.378 e. The van der Waals surface area contributed by atoms with Crippen LogP contribution in [0.4, 0.5) is 0 Å². The highest BCUT2D eigenvalue weighted by molar-refractivity contribution is 5.14. The van der Waals surface area contributed by atoms with Crippen molar-refractivity contribution >= 4 is 0 Å². The SMILES string of the molecule is COCc1ccc(CC(C)(C)C)cn1. The topological polar surface area (TPSA) is 22.1 Å². The Labute approximate surface area is 86.3 Å². The summed E-state index contributed by atoms with van der Waals surface area (Å²) >= 11 is 0. The third kappa shape index (κ3) is 3.88. The quantitative estimate of drug-likeness (QED) is 0.736. The molecule has 0 aliphatic carbocycles. The van der Waals surface area contributed by atoms with Crippen LogP contribution < -0.4 is 0 Å². The van der Waals surface area contributed by atoms with E-state index in [0.29, 0.717) is 12.0 Å². The minimum absolute atomic E-state index is 0.324. The molecule has 0 aromatic carbocycles. The van der Waals surface area contributed by atoms with E-state index in [2.05, 4.69) is 31.8 Å². The van der Waals surface area contributed by atoms with E-state index >= 15 is 0 Å². The molecule has 1 heterocycles. The van der Waals surface area contributed by atoms with Crippen LogP contribution in [0.3, 0.4) is 0 Å². The highest BCUT2D eigenvalue weighted by Crippen LogP contribution is 2.19. The predicted molar refractivity (Wildman–Crippen MR) is 58.1 cm³/mol. The summed E-state index contributed by atoms with van der Waals surface area (Å²) in [6.45, 7) is 7.29. The van der Waals surface area contributed by atoms with Gasteiger partial charge in [0.05, 0.1) is 12.3 Å². The molecule has 0 atom stereocenters. The Balaban J connectivity index is 2.64. The van der Waals surface area contributed by atoms with Gasteiger partial charge in [-0.25, -0.2) is 0 Å². The molecule has 1 aromatic rings. The fourth-order valence-electron chi connectivity index (χ4n) is 1.41. The van der Waals surface area contributed by atoms with Crippen molar-refractivity contribution in [3.05, 3.63) is 29.6 Å². The summed E-state index contributed by atoms with van der Waals surface area (Å²) in [7, 11) is 1.69. The van der Waals surface area contributed by atoms with Crippen molar-refractivity contribution in [3.8, 4) is 0 Å². The Morgan fingerprint density at radius 1 is 1.29 bits per heavy atom.